The molecule has 0 aromatic heterocycles. The molecule has 0 saturated heterocycles. The van der Waals surface area contributed by atoms with Crippen molar-refractivity contribution in [2.75, 3.05) is 6.61 Å². The second kappa shape index (κ2) is 6.05. The maximum absolute atomic E-state index is 16.9. The van der Waals surface area contributed by atoms with Crippen LogP contribution in [0.1, 0.15) is 40.0 Å². The molecule has 4 aliphatic carbocycles. The second-order valence-electron chi connectivity index (χ2n) is 9.84. The van der Waals surface area contributed by atoms with Crippen LogP contribution in [0.4, 0.5) is 8.78 Å². The molecule has 29 heavy (non-hydrogen) atoms. The number of alkyl halides is 2. The Morgan fingerprint density at radius 3 is 2.55 bits per heavy atom. The summed E-state index contributed by atoms with van der Waals surface area (Å²) in [4.78, 5) is 24.3. The fourth-order valence-electron chi connectivity index (χ4n) is 7.25. The topological polar surface area (TPSA) is 94.8 Å². The van der Waals surface area contributed by atoms with Gasteiger partial charge in [-0.05, 0) is 55.7 Å². The van der Waals surface area contributed by atoms with Crippen LogP contribution in [0.3, 0.4) is 0 Å². The number of aliphatic hydroxyl groups excluding tert-OH is 2. The Balaban J connectivity index is 1.87. The minimum absolute atomic E-state index is 0.0409. The zero-order valence-electron chi connectivity index (χ0n) is 16.9. The minimum Gasteiger partial charge on any atom is -0.390 e. The molecule has 9 atom stereocenters. The van der Waals surface area contributed by atoms with Crippen LogP contribution in [0, 0.1) is 28.6 Å². The molecule has 3 N–H and O–H groups in total. The average molecular weight is 410 g/mol. The first-order valence-corrected chi connectivity index (χ1v) is 10.2. The summed E-state index contributed by atoms with van der Waals surface area (Å²) in [7, 11) is 0. The molecule has 0 aromatic carbocycles. The van der Waals surface area contributed by atoms with E-state index in [1.165, 1.54) is 19.1 Å². The third-order valence-electron chi connectivity index (χ3n) is 8.78. The molecule has 0 radical (unpaired) electrons. The number of hydrogen-bond donors (Lipinski definition) is 3. The zero-order chi connectivity index (χ0) is 21.6. The molecule has 0 heterocycles. The summed E-state index contributed by atoms with van der Waals surface area (Å²) in [5, 5.41) is 31.9. The normalized spacial score (nSPS) is 53.7. The van der Waals surface area contributed by atoms with Gasteiger partial charge < -0.3 is 15.3 Å². The van der Waals surface area contributed by atoms with Gasteiger partial charge >= 0.3 is 0 Å². The first-order valence-electron chi connectivity index (χ1n) is 10.2. The molecule has 4 aliphatic rings. The third-order valence-corrected chi connectivity index (χ3v) is 8.78. The van der Waals surface area contributed by atoms with E-state index in [0.717, 1.165) is 6.08 Å². The molecule has 0 unspecified atom stereocenters. The van der Waals surface area contributed by atoms with Crippen molar-refractivity contribution in [2.45, 2.75) is 63.6 Å². The van der Waals surface area contributed by atoms with Gasteiger partial charge in [0.25, 0.3) is 0 Å². The largest absolute Gasteiger partial charge is 0.390 e. The number of carbonyl (C=O) groups excluding carboxylic acids is 2. The molecular weight excluding hydrogens is 382 g/mol. The lowest BCUT2D eigenvalue weighted by atomic mass is 9.44. The Morgan fingerprint density at radius 2 is 1.93 bits per heavy atom. The van der Waals surface area contributed by atoms with E-state index in [2.05, 4.69) is 0 Å². The summed E-state index contributed by atoms with van der Waals surface area (Å²) in [5.41, 5.74) is -6.81. The van der Waals surface area contributed by atoms with Gasteiger partial charge in [0.2, 0.25) is 0 Å². The van der Waals surface area contributed by atoms with E-state index in [-0.39, 0.29) is 24.8 Å². The summed E-state index contributed by atoms with van der Waals surface area (Å²) in [6.07, 6.45) is 0.427. The van der Waals surface area contributed by atoms with Gasteiger partial charge in [-0.25, -0.2) is 8.78 Å². The first kappa shape index (κ1) is 20.8. The Labute approximate surface area is 168 Å². The number of rotatable bonds is 2. The smallest absolute Gasteiger partial charge is 0.190 e. The molecule has 0 aliphatic heterocycles. The van der Waals surface area contributed by atoms with E-state index in [9.17, 15) is 24.9 Å². The van der Waals surface area contributed by atoms with Gasteiger partial charge in [-0.15, -0.1) is 0 Å². The molecule has 0 spiro atoms. The van der Waals surface area contributed by atoms with Crippen LogP contribution in [0.2, 0.25) is 0 Å². The highest BCUT2D eigenvalue weighted by Crippen LogP contribution is 2.70. The van der Waals surface area contributed by atoms with E-state index in [4.69, 9.17) is 0 Å². The number of Topliss-reactive ketones (excluding diaryl/α,β-unsaturated/α-hetero) is 1. The maximum Gasteiger partial charge on any atom is 0.190 e. The van der Waals surface area contributed by atoms with Crippen LogP contribution in [0.25, 0.3) is 0 Å². The molecular formula is C22H28F2O5. The Bertz CT molecular complexity index is 839. The molecule has 7 heteroatoms. The third kappa shape index (κ3) is 2.19. The van der Waals surface area contributed by atoms with E-state index in [1.807, 2.05) is 0 Å². The molecule has 160 valence electrons. The summed E-state index contributed by atoms with van der Waals surface area (Å²) in [6.45, 7) is 3.96. The number of carbonyl (C=O) groups is 2. The van der Waals surface area contributed by atoms with E-state index in [1.54, 1.807) is 13.8 Å². The van der Waals surface area contributed by atoms with Gasteiger partial charge in [-0.1, -0.05) is 19.9 Å². The van der Waals surface area contributed by atoms with Gasteiger partial charge in [0.1, 0.15) is 18.4 Å². The quantitative estimate of drug-likeness (QED) is 0.646. The predicted molar refractivity (Wildman–Crippen MR) is 100 cm³/mol. The van der Waals surface area contributed by atoms with E-state index >= 15 is 8.78 Å². The molecule has 0 aromatic rings. The van der Waals surface area contributed by atoms with Crippen LogP contribution in [-0.2, 0) is 9.59 Å². The van der Waals surface area contributed by atoms with Crippen molar-refractivity contribution in [3.05, 3.63) is 23.8 Å². The number of hydrogen-bond acceptors (Lipinski definition) is 5. The van der Waals surface area contributed by atoms with Gasteiger partial charge in [0.15, 0.2) is 17.2 Å². The van der Waals surface area contributed by atoms with Crippen LogP contribution >= 0.6 is 0 Å². The summed E-state index contributed by atoms with van der Waals surface area (Å²) in [5.74, 6) is -3.24. The molecule has 0 amide bonds. The van der Waals surface area contributed by atoms with Crippen LogP contribution in [-0.4, -0.2) is 57.0 Å². The van der Waals surface area contributed by atoms with Crippen molar-refractivity contribution in [1.82, 2.24) is 0 Å². The van der Waals surface area contributed by atoms with Crippen molar-refractivity contribution in [3.8, 4) is 0 Å². The fourth-order valence-corrected chi connectivity index (χ4v) is 7.25. The van der Waals surface area contributed by atoms with Crippen molar-refractivity contribution < 1.29 is 33.7 Å². The zero-order valence-corrected chi connectivity index (χ0v) is 16.9. The SMILES string of the molecule is C[C@H]1C[C@H]2[C@@H]3C[C@@H](F)C4=CC(=O)C=C[C@]4(C)[C@@]3(F)[C@@H](O)C[C@]2(C)[C@@]1(O)C(=O)CO. The highest BCUT2D eigenvalue weighted by Gasteiger charge is 2.76. The summed E-state index contributed by atoms with van der Waals surface area (Å²) in [6, 6.07) is 0. The van der Waals surface area contributed by atoms with E-state index in [0.29, 0.717) is 0 Å². The summed E-state index contributed by atoms with van der Waals surface area (Å²) >= 11 is 0. The number of allylic oxidation sites excluding steroid dienone is 4. The van der Waals surface area contributed by atoms with Gasteiger partial charge in [-0.2, -0.15) is 0 Å². The van der Waals surface area contributed by atoms with Crippen molar-refractivity contribution in [2.24, 2.45) is 28.6 Å². The highest BCUT2D eigenvalue weighted by atomic mass is 19.1. The molecule has 3 saturated carbocycles. The monoisotopic (exact) mass is 410 g/mol. The second-order valence-corrected chi connectivity index (χ2v) is 9.84. The Kier molecular flexibility index (Phi) is 4.34. The van der Waals surface area contributed by atoms with Crippen LogP contribution in [0.5, 0.6) is 0 Å². The first-order chi connectivity index (χ1) is 13.4. The van der Waals surface area contributed by atoms with Gasteiger partial charge in [0, 0.05) is 16.7 Å². The lowest BCUT2D eigenvalue weighted by Gasteiger charge is -2.63. The van der Waals surface area contributed by atoms with Crippen molar-refractivity contribution >= 4 is 11.6 Å². The molecule has 5 nitrogen and oxygen atoms in total. The average Bonchev–Trinajstić information content (AvgIpc) is 2.86. The Morgan fingerprint density at radius 1 is 1.28 bits per heavy atom. The fraction of sp³-hybridized carbons (Fsp3) is 0.727. The lowest BCUT2D eigenvalue weighted by Crippen LogP contribution is -2.70. The number of ketones is 2. The van der Waals surface area contributed by atoms with Crippen molar-refractivity contribution in [3.63, 3.8) is 0 Å². The standard InChI is InChI=1S/C22H28F2O5/c1-11-6-13-14-8-16(23)15-7-12(26)4-5-19(15,2)21(14,24)17(27)9-20(13,3)22(11,29)18(28)10-25/h4-5,7,11,13-14,16-17,25,27,29H,6,8-10H2,1-3H3/t11-,13-,14-,16+,17-,19-,20-,21-,22-/m0/s1. The maximum atomic E-state index is 16.9. The number of fused-ring (bicyclic) bond motifs is 5. The van der Waals surface area contributed by atoms with Crippen molar-refractivity contribution in [1.29, 1.82) is 0 Å². The predicted octanol–water partition coefficient (Wildman–Crippen LogP) is 1.84. The van der Waals surface area contributed by atoms with Gasteiger partial charge in [0.05, 0.1) is 6.10 Å². The highest BCUT2D eigenvalue weighted by molar-refractivity contribution is 6.01. The van der Waals surface area contributed by atoms with Gasteiger partial charge in [-0.3, -0.25) is 9.59 Å². The molecule has 4 rings (SSSR count). The summed E-state index contributed by atoms with van der Waals surface area (Å²) < 4.78 is 32.1. The number of halogens is 2. The van der Waals surface area contributed by atoms with Crippen LogP contribution < -0.4 is 0 Å². The lowest BCUT2D eigenvalue weighted by molar-refractivity contribution is -0.223. The molecule has 3 fully saturated rings. The molecule has 0 bridgehead atoms. The Hall–Kier alpha value is -1.44. The number of aliphatic hydroxyl groups is 3. The minimum atomic E-state index is -2.24. The van der Waals surface area contributed by atoms with Crippen LogP contribution in [0.15, 0.2) is 23.8 Å². The van der Waals surface area contributed by atoms with E-state index < -0.39 is 70.3 Å².